The minimum Gasteiger partial charge on any atom is -0.294 e. The zero-order valence-electron chi connectivity index (χ0n) is 31.5. The first kappa shape index (κ1) is 35.3. The van der Waals surface area contributed by atoms with Crippen molar-refractivity contribution in [3.8, 4) is 0 Å². The van der Waals surface area contributed by atoms with Gasteiger partial charge in [-0.1, -0.05) is 132 Å². The first-order valence-electron chi connectivity index (χ1n) is 18.0. The fourth-order valence-electron chi connectivity index (χ4n) is 8.43. The summed E-state index contributed by atoms with van der Waals surface area (Å²) >= 11 is 0. The predicted octanol–water partition coefficient (Wildman–Crippen LogP) is 11.9. The SMILES string of the molecule is CC1(C)CCC(C)(C)c2cc(C(=O)CC(=O)c3ccc4c(c3)C(C)(C)CCC4(C)C)ccc21.CC1(C)CCC(C)(C)c2ccccc21. The number of carbonyl (C=O) groups excluding carboxylic acids is 2. The molecule has 3 aliphatic carbocycles. The van der Waals surface area contributed by atoms with Gasteiger partial charge in [-0.15, -0.1) is 0 Å². The van der Waals surface area contributed by atoms with Crippen molar-refractivity contribution in [1.29, 1.82) is 0 Å². The van der Waals surface area contributed by atoms with Crippen LogP contribution < -0.4 is 0 Å². The largest absolute Gasteiger partial charge is 0.294 e. The summed E-state index contributed by atoms with van der Waals surface area (Å²) in [5.41, 5.74) is 10.7. The fraction of sp³-hybridized carbons (Fsp3) is 0.556. The predicted molar refractivity (Wildman–Crippen MR) is 198 cm³/mol. The second-order valence-electron chi connectivity index (χ2n) is 18.9. The van der Waals surface area contributed by atoms with E-state index in [1.54, 1.807) is 11.1 Å². The van der Waals surface area contributed by atoms with Crippen molar-refractivity contribution in [3.05, 3.63) is 105 Å². The standard InChI is InChI=1S/C31H40O2.C14H20/c1-28(2)13-15-30(5,6)24-17-20(9-11-22(24)28)26(32)19-27(33)21-10-12-23-25(18-21)31(7,8)16-14-29(23,3)4;1-13(2)9-10-14(3,4)12-8-6-5-7-11(12)13/h9-12,17-18H,13-16,19H2,1-8H3;5-8H,9-10H2,1-4H3. The molecule has 0 spiro atoms. The summed E-state index contributed by atoms with van der Waals surface area (Å²) in [4.78, 5) is 26.4. The first-order valence-corrected chi connectivity index (χ1v) is 18.0. The van der Waals surface area contributed by atoms with Gasteiger partial charge in [0.05, 0.1) is 6.42 Å². The average Bonchev–Trinajstić information content (AvgIpc) is 3.00. The lowest BCUT2D eigenvalue weighted by Crippen LogP contribution is -2.34. The summed E-state index contributed by atoms with van der Waals surface area (Å²) < 4.78 is 0. The molecule has 0 radical (unpaired) electrons. The van der Waals surface area contributed by atoms with Gasteiger partial charge in [0.25, 0.3) is 0 Å². The fourth-order valence-corrected chi connectivity index (χ4v) is 8.43. The third-order valence-electron chi connectivity index (χ3n) is 12.4. The van der Waals surface area contributed by atoms with Gasteiger partial charge in [-0.2, -0.15) is 0 Å². The molecule has 0 aromatic heterocycles. The van der Waals surface area contributed by atoms with E-state index in [1.807, 2.05) is 12.1 Å². The minimum atomic E-state index is -0.0840. The Morgan fingerprint density at radius 3 is 0.957 bits per heavy atom. The minimum absolute atomic E-state index is 0.0437. The molecule has 252 valence electrons. The van der Waals surface area contributed by atoms with Crippen LogP contribution in [0.4, 0.5) is 0 Å². The molecule has 0 bridgehead atoms. The number of fused-ring (bicyclic) bond motifs is 3. The highest BCUT2D eigenvalue weighted by Gasteiger charge is 2.39. The first-order chi connectivity index (χ1) is 21.6. The number of benzene rings is 3. The van der Waals surface area contributed by atoms with Crippen LogP contribution in [-0.4, -0.2) is 11.6 Å². The molecule has 0 aliphatic heterocycles. The zero-order chi connectivity index (χ0) is 34.8. The van der Waals surface area contributed by atoms with E-state index in [0.29, 0.717) is 22.0 Å². The lowest BCUT2D eigenvalue weighted by atomic mass is 9.62. The van der Waals surface area contributed by atoms with Crippen LogP contribution in [-0.2, 0) is 32.5 Å². The van der Waals surface area contributed by atoms with Gasteiger partial charge in [0.1, 0.15) is 0 Å². The maximum atomic E-state index is 13.2. The van der Waals surface area contributed by atoms with Crippen molar-refractivity contribution in [2.45, 2.75) is 161 Å². The number of Topliss-reactive ketones (excluding diaryl/α,β-unsaturated/α-hetero) is 2. The molecule has 0 N–H and O–H groups in total. The Labute approximate surface area is 286 Å². The van der Waals surface area contributed by atoms with Crippen molar-refractivity contribution in [2.24, 2.45) is 0 Å². The molecule has 0 saturated heterocycles. The van der Waals surface area contributed by atoms with Crippen LogP contribution in [0, 0.1) is 0 Å². The molecule has 0 atom stereocenters. The molecule has 0 saturated carbocycles. The van der Waals surface area contributed by atoms with Gasteiger partial charge < -0.3 is 0 Å². The molecule has 0 fully saturated rings. The van der Waals surface area contributed by atoms with Crippen molar-refractivity contribution in [2.75, 3.05) is 0 Å². The van der Waals surface area contributed by atoms with E-state index in [1.165, 1.54) is 35.1 Å². The van der Waals surface area contributed by atoms with Crippen LogP contribution in [0.2, 0.25) is 0 Å². The summed E-state index contributed by atoms with van der Waals surface area (Å²) in [7, 11) is 0. The summed E-state index contributed by atoms with van der Waals surface area (Å²) in [5.74, 6) is -0.168. The highest BCUT2D eigenvalue weighted by atomic mass is 16.1. The number of ketones is 2. The van der Waals surface area contributed by atoms with Crippen molar-refractivity contribution in [1.82, 2.24) is 0 Å². The summed E-state index contributed by atoms with van der Waals surface area (Å²) in [6, 6.07) is 21.2. The van der Waals surface area contributed by atoms with Gasteiger partial charge in [0, 0.05) is 11.1 Å². The zero-order valence-corrected chi connectivity index (χ0v) is 31.5. The van der Waals surface area contributed by atoms with Gasteiger partial charge in [0.2, 0.25) is 0 Å². The monoisotopic (exact) mass is 632 g/mol. The molecule has 0 amide bonds. The lowest BCUT2D eigenvalue weighted by molar-refractivity contribution is 0.0894. The summed E-state index contributed by atoms with van der Waals surface area (Å²) in [6.45, 7) is 27.6. The Morgan fingerprint density at radius 1 is 0.404 bits per heavy atom. The quantitative estimate of drug-likeness (QED) is 0.212. The molecule has 2 nitrogen and oxygen atoms in total. The molecule has 3 aromatic carbocycles. The van der Waals surface area contributed by atoms with Gasteiger partial charge in [-0.05, 0) is 117 Å². The maximum absolute atomic E-state index is 13.2. The van der Waals surface area contributed by atoms with Crippen LogP contribution >= 0.6 is 0 Å². The van der Waals surface area contributed by atoms with Crippen LogP contribution in [0.1, 0.15) is 182 Å². The molecule has 47 heavy (non-hydrogen) atoms. The van der Waals surface area contributed by atoms with Gasteiger partial charge in [0.15, 0.2) is 11.6 Å². The smallest absolute Gasteiger partial charge is 0.170 e. The molecule has 2 heteroatoms. The lowest BCUT2D eigenvalue weighted by Gasteiger charge is -2.42. The average molecular weight is 633 g/mol. The maximum Gasteiger partial charge on any atom is 0.170 e. The second kappa shape index (κ2) is 11.9. The van der Waals surface area contributed by atoms with E-state index >= 15 is 0 Å². The van der Waals surface area contributed by atoms with Crippen LogP contribution in [0.25, 0.3) is 0 Å². The molecule has 3 aliphatic rings. The van der Waals surface area contributed by atoms with E-state index in [-0.39, 0.29) is 39.6 Å². The summed E-state index contributed by atoms with van der Waals surface area (Å²) in [6.07, 6.45) is 7.02. The third-order valence-corrected chi connectivity index (χ3v) is 12.4. The number of hydrogen-bond acceptors (Lipinski definition) is 2. The molecule has 3 aromatic rings. The molecular formula is C45H60O2. The van der Waals surface area contributed by atoms with Crippen molar-refractivity contribution < 1.29 is 9.59 Å². The van der Waals surface area contributed by atoms with Crippen molar-refractivity contribution in [3.63, 3.8) is 0 Å². The van der Waals surface area contributed by atoms with Crippen molar-refractivity contribution >= 4 is 11.6 Å². The van der Waals surface area contributed by atoms with Crippen LogP contribution in [0.3, 0.4) is 0 Å². The van der Waals surface area contributed by atoms with E-state index in [9.17, 15) is 9.59 Å². The van der Waals surface area contributed by atoms with Crippen LogP contribution in [0.15, 0.2) is 60.7 Å². The van der Waals surface area contributed by atoms with E-state index in [4.69, 9.17) is 0 Å². The van der Waals surface area contributed by atoms with Crippen LogP contribution in [0.5, 0.6) is 0 Å². The molecule has 0 unspecified atom stereocenters. The topological polar surface area (TPSA) is 34.1 Å². The van der Waals surface area contributed by atoms with Gasteiger partial charge >= 0.3 is 0 Å². The van der Waals surface area contributed by atoms with Gasteiger partial charge in [-0.25, -0.2) is 0 Å². The van der Waals surface area contributed by atoms with Gasteiger partial charge in [-0.3, -0.25) is 9.59 Å². The molecule has 0 heterocycles. The Bertz CT molecular complexity index is 1570. The number of carbonyl (C=O) groups is 2. The normalized spacial score (nSPS) is 22.0. The summed E-state index contributed by atoms with van der Waals surface area (Å²) in [5, 5.41) is 0. The third kappa shape index (κ3) is 6.81. The second-order valence-corrected chi connectivity index (χ2v) is 18.9. The Hall–Kier alpha value is -3.00. The van der Waals surface area contributed by atoms with E-state index in [0.717, 1.165) is 25.7 Å². The molecule has 6 rings (SSSR count). The Kier molecular flexibility index (Phi) is 8.90. The number of rotatable bonds is 4. The Balaban J connectivity index is 0.000000257. The highest BCUT2D eigenvalue weighted by molar-refractivity contribution is 6.13. The Morgan fingerprint density at radius 2 is 0.660 bits per heavy atom. The highest BCUT2D eigenvalue weighted by Crippen LogP contribution is 2.48. The van der Waals surface area contributed by atoms with E-state index in [2.05, 4.69) is 132 Å². The molecular weight excluding hydrogens is 572 g/mol. The van der Waals surface area contributed by atoms with E-state index < -0.39 is 0 Å². The number of hydrogen-bond donors (Lipinski definition) is 0.